The summed E-state index contributed by atoms with van der Waals surface area (Å²) in [4.78, 5) is 19.5. The second-order valence-corrected chi connectivity index (χ2v) is 7.69. The number of fused-ring (bicyclic) bond motifs is 1. The van der Waals surface area contributed by atoms with Gasteiger partial charge in [0.05, 0.1) is 19.8 Å². The molecule has 0 saturated carbocycles. The Hall–Kier alpha value is -2.34. The van der Waals surface area contributed by atoms with Crippen LogP contribution in [0.1, 0.15) is 43.6 Å². The van der Waals surface area contributed by atoms with E-state index in [4.69, 9.17) is 9.47 Å². The average molecular weight is 369 g/mol. The van der Waals surface area contributed by atoms with Crippen LogP contribution in [0.2, 0.25) is 0 Å². The zero-order chi connectivity index (χ0) is 18.9. The van der Waals surface area contributed by atoms with Gasteiger partial charge in [-0.2, -0.15) is 0 Å². The van der Waals surface area contributed by atoms with E-state index in [2.05, 4.69) is 22.5 Å². The van der Waals surface area contributed by atoms with E-state index in [1.807, 2.05) is 36.2 Å². The van der Waals surface area contributed by atoms with Crippen LogP contribution in [0.5, 0.6) is 5.75 Å². The number of carbonyl (C=O) groups is 1. The van der Waals surface area contributed by atoms with Crippen molar-refractivity contribution in [3.05, 3.63) is 48.0 Å². The summed E-state index contributed by atoms with van der Waals surface area (Å²) in [5.41, 5.74) is 0.718. The highest BCUT2D eigenvalue weighted by atomic mass is 16.5. The van der Waals surface area contributed by atoms with Crippen molar-refractivity contribution in [3.8, 4) is 5.75 Å². The van der Waals surface area contributed by atoms with Gasteiger partial charge in [0.2, 0.25) is 5.91 Å². The number of aromatic nitrogens is 2. The first-order chi connectivity index (χ1) is 13.1. The molecule has 27 heavy (non-hydrogen) atoms. The van der Waals surface area contributed by atoms with Gasteiger partial charge in [0.25, 0.3) is 0 Å². The zero-order valence-electron chi connectivity index (χ0n) is 16.1. The van der Waals surface area contributed by atoms with Crippen LogP contribution in [0.25, 0.3) is 0 Å². The van der Waals surface area contributed by atoms with Crippen molar-refractivity contribution in [3.63, 3.8) is 0 Å². The molecule has 6 nitrogen and oxygen atoms in total. The van der Waals surface area contributed by atoms with Crippen molar-refractivity contribution in [2.75, 3.05) is 19.8 Å². The molecular weight excluding hydrogens is 342 g/mol. The number of amides is 1. The summed E-state index contributed by atoms with van der Waals surface area (Å²) in [6.45, 7) is 6.59. The standard InChI is InChI=1S/C21H27N3O3/c1-16(24-10-9-22-17(24)2)13-20(25)23-14-18-5-3-4-6-19(18)27-21(15-23)7-11-26-12-8-21/h3-6,9-10,16H,7-8,11-15H2,1-2H3. The van der Waals surface area contributed by atoms with E-state index in [9.17, 15) is 4.79 Å². The molecule has 1 unspecified atom stereocenters. The lowest BCUT2D eigenvalue weighted by molar-refractivity contribution is -0.137. The van der Waals surface area contributed by atoms with E-state index < -0.39 is 0 Å². The molecule has 2 aliphatic rings. The Morgan fingerprint density at radius 3 is 2.81 bits per heavy atom. The summed E-state index contributed by atoms with van der Waals surface area (Å²) < 4.78 is 14.1. The third-order valence-corrected chi connectivity index (χ3v) is 5.70. The molecule has 0 radical (unpaired) electrons. The second kappa shape index (κ2) is 7.35. The number of hydrogen-bond donors (Lipinski definition) is 0. The number of para-hydroxylation sites is 1. The van der Waals surface area contributed by atoms with E-state index in [-0.39, 0.29) is 17.6 Å². The minimum atomic E-state index is -0.353. The van der Waals surface area contributed by atoms with Crippen molar-refractivity contribution < 1.29 is 14.3 Å². The van der Waals surface area contributed by atoms with Gasteiger partial charge in [0, 0.05) is 49.8 Å². The normalized spacial score (nSPS) is 19.9. The summed E-state index contributed by atoms with van der Waals surface area (Å²) in [5, 5.41) is 0. The van der Waals surface area contributed by atoms with Crippen LogP contribution in [0.4, 0.5) is 0 Å². The molecule has 1 saturated heterocycles. The maximum absolute atomic E-state index is 13.2. The molecule has 144 valence electrons. The smallest absolute Gasteiger partial charge is 0.225 e. The largest absolute Gasteiger partial charge is 0.485 e. The molecule has 1 aromatic carbocycles. The molecule has 2 aromatic rings. The maximum atomic E-state index is 13.2. The number of hydrogen-bond acceptors (Lipinski definition) is 4. The van der Waals surface area contributed by atoms with Gasteiger partial charge in [-0.25, -0.2) is 4.98 Å². The van der Waals surface area contributed by atoms with Crippen molar-refractivity contribution in [1.82, 2.24) is 14.5 Å². The predicted octanol–water partition coefficient (Wildman–Crippen LogP) is 3.11. The number of aryl methyl sites for hydroxylation is 1. The Morgan fingerprint density at radius 1 is 1.30 bits per heavy atom. The number of nitrogens with zero attached hydrogens (tertiary/aromatic N) is 3. The summed E-state index contributed by atoms with van der Waals surface area (Å²) in [5.74, 6) is 1.98. The number of benzene rings is 1. The van der Waals surface area contributed by atoms with Crippen LogP contribution in [0.15, 0.2) is 36.7 Å². The van der Waals surface area contributed by atoms with Gasteiger partial charge in [0.15, 0.2) is 0 Å². The maximum Gasteiger partial charge on any atom is 0.225 e. The third kappa shape index (κ3) is 3.72. The molecule has 1 spiro atoms. The topological polar surface area (TPSA) is 56.6 Å². The van der Waals surface area contributed by atoms with E-state index in [1.165, 1.54) is 0 Å². The predicted molar refractivity (Wildman–Crippen MR) is 102 cm³/mol. The second-order valence-electron chi connectivity index (χ2n) is 7.69. The van der Waals surface area contributed by atoms with Gasteiger partial charge in [0.1, 0.15) is 17.2 Å². The minimum absolute atomic E-state index is 0.0741. The van der Waals surface area contributed by atoms with Gasteiger partial charge >= 0.3 is 0 Å². The molecule has 2 aliphatic heterocycles. The van der Waals surface area contributed by atoms with Crippen LogP contribution < -0.4 is 4.74 Å². The fraction of sp³-hybridized carbons (Fsp3) is 0.524. The Bertz CT molecular complexity index is 811. The van der Waals surface area contributed by atoms with E-state index in [0.717, 1.165) is 30.0 Å². The number of imidazole rings is 1. The molecule has 1 amide bonds. The van der Waals surface area contributed by atoms with Gasteiger partial charge in [-0.3, -0.25) is 4.79 Å². The van der Waals surface area contributed by atoms with Gasteiger partial charge in [-0.15, -0.1) is 0 Å². The summed E-state index contributed by atoms with van der Waals surface area (Å²) in [6.07, 6.45) is 5.78. The molecule has 0 bridgehead atoms. The Labute approximate surface area is 160 Å². The van der Waals surface area contributed by atoms with E-state index in [1.54, 1.807) is 6.20 Å². The number of carbonyl (C=O) groups excluding carboxylic acids is 1. The minimum Gasteiger partial charge on any atom is -0.485 e. The number of ether oxygens (including phenoxy) is 2. The summed E-state index contributed by atoms with van der Waals surface area (Å²) >= 11 is 0. The lowest BCUT2D eigenvalue weighted by Crippen LogP contribution is -2.51. The molecular formula is C21H27N3O3. The Balaban J connectivity index is 1.57. The molecule has 0 aliphatic carbocycles. The first-order valence-corrected chi connectivity index (χ1v) is 9.68. The average Bonchev–Trinajstić information content (AvgIpc) is 3.02. The highest BCUT2D eigenvalue weighted by Crippen LogP contribution is 2.35. The Morgan fingerprint density at radius 2 is 2.07 bits per heavy atom. The van der Waals surface area contributed by atoms with Crippen LogP contribution >= 0.6 is 0 Å². The van der Waals surface area contributed by atoms with Crippen LogP contribution in [-0.4, -0.2) is 45.7 Å². The van der Waals surface area contributed by atoms with Crippen LogP contribution in [-0.2, 0) is 16.1 Å². The molecule has 4 rings (SSSR count). The number of rotatable bonds is 3. The third-order valence-electron chi connectivity index (χ3n) is 5.70. The molecule has 1 fully saturated rings. The van der Waals surface area contributed by atoms with Gasteiger partial charge in [-0.05, 0) is 19.9 Å². The van der Waals surface area contributed by atoms with Crippen molar-refractivity contribution in [2.24, 2.45) is 0 Å². The summed E-state index contributed by atoms with van der Waals surface area (Å²) in [6, 6.07) is 8.14. The molecule has 3 heterocycles. The van der Waals surface area contributed by atoms with Crippen LogP contribution in [0.3, 0.4) is 0 Å². The fourth-order valence-corrected chi connectivity index (χ4v) is 4.12. The lowest BCUT2D eigenvalue weighted by Gasteiger charge is -2.39. The first kappa shape index (κ1) is 18.0. The SMILES string of the molecule is Cc1nccn1C(C)CC(=O)N1Cc2ccccc2OC2(CCOCC2)C1. The van der Waals surface area contributed by atoms with Crippen LogP contribution in [0, 0.1) is 6.92 Å². The van der Waals surface area contributed by atoms with E-state index >= 15 is 0 Å². The molecule has 1 atom stereocenters. The van der Waals surface area contributed by atoms with Crippen molar-refractivity contribution >= 4 is 5.91 Å². The van der Waals surface area contributed by atoms with Gasteiger partial charge < -0.3 is 18.9 Å². The molecule has 0 N–H and O–H groups in total. The first-order valence-electron chi connectivity index (χ1n) is 9.68. The quantitative estimate of drug-likeness (QED) is 0.834. The van der Waals surface area contributed by atoms with Crippen molar-refractivity contribution in [2.45, 2.75) is 51.3 Å². The molecule has 1 aromatic heterocycles. The monoisotopic (exact) mass is 369 g/mol. The highest BCUT2D eigenvalue weighted by Gasteiger charge is 2.40. The lowest BCUT2D eigenvalue weighted by atomic mass is 9.93. The zero-order valence-corrected chi connectivity index (χ0v) is 16.1. The summed E-state index contributed by atoms with van der Waals surface area (Å²) in [7, 11) is 0. The van der Waals surface area contributed by atoms with E-state index in [0.29, 0.717) is 32.7 Å². The Kier molecular flexibility index (Phi) is 4.91. The molecule has 6 heteroatoms. The highest BCUT2D eigenvalue weighted by molar-refractivity contribution is 5.77. The fourth-order valence-electron chi connectivity index (χ4n) is 4.12. The van der Waals surface area contributed by atoms with Crippen molar-refractivity contribution in [1.29, 1.82) is 0 Å². The van der Waals surface area contributed by atoms with Gasteiger partial charge in [-0.1, -0.05) is 18.2 Å².